The van der Waals surface area contributed by atoms with Gasteiger partial charge in [0.2, 0.25) is 0 Å². The fourth-order valence-electron chi connectivity index (χ4n) is 2.05. The number of fused-ring (bicyclic) bond motifs is 1. The summed E-state index contributed by atoms with van der Waals surface area (Å²) in [6, 6.07) is 0. The molecule has 0 saturated carbocycles. The Balaban J connectivity index is 2.05. The van der Waals surface area contributed by atoms with Crippen molar-refractivity contribution < 1.29 is 0 Å². The Kier molecular flexibility index (Phi) is 2.32. The summed E-state index contributed by atoms with van der Waals surface area (Å²) >= 11 is 0. The van der Waals surface area contributed by atoms with Crippen molar-refractivity contribution in [2.75, 3.05) is 40.3 Å². The van der Waals surface area contributed by atoms with Gasteiger partial charge in [-0.1, -0.05) is 0 Å². The van der Waals surface area contributed by atoms with Crippen LogP contribution in [0.25, 0.3) is 0 Å². The molecular formula is C8H18N4. The molecule has 2 saturated heterocycles. The third-order valence-electron chi connectivity index (χ3n) is 2.89. The van der Waals surface area contributed by atoms with Crippen LogP contribution >= 0.6 is 0 Å². The standard InChI is InChI=1S/C8H18N4/c1-11-5-6-12(2)8-7(11)9-3-4-10-8/h7-10H,3-6H2,1-2H3/t7-,8-/m0/s1. The fraction of sp³-hybridized carbons (Fsp3) is 1.00. The van der Waals surface area contributed by atoms with Crippen LogP contribution in [0.2, 0.25) is 0 Å². The molecule has 0 aromatic rings. The lowest BCUT2D eigenvalue weighted by Gasteiger charge is -2.47. The molecule has 2 aliphatic rings. The Morgan fingerprint density at radius 3 is 1.75 bits per heavy atom. The first kappa shape index (κ1) is 8.44. The highest BCUT2D eigenvalue weighted by molar-refractivity contribution is 4.88. The summed E-state index contributed by atoms with van der Waals surface area (Å²) in [5.41, 5.74) is 0. The number of hydrogen-bond donors (Lipinski definition) is 2. The van der Waals surface area contributed by atoms with Gasteiger partial charge in [0.05, 0.1) is 12.3 Å². The Morgan fingerprint density at radius 2 is 1.33 bits per heavy atom. The van der Waals surface area contributed by atoms with Crippen molar-refractivity contribution in [3.05, 3.63) is 0 Å². The average molecular weight is 170 g/mol. The topological polar surface area (TPSA) is 30.5 Å². The van der Waals surface area contributed by atoms with Gasteiger partial charge in [0.15, 0.2) is 0 Å². The molecule has 0 amide bonds. The van der Waals surface area contributed by atoms with Gasteiger partial charge in [-0.25, -0.2) is 0 Å². The van der Waals surface area contributed by atoms with Crippen molar-refractivity contribution >= 4 is 0 Å². The molecule has 2 fully saturated rings. The summed E-state index contributed by atoms with van der Waals surface area (Å²) < 4.78 is 0. The van der Waals surface area contributed by atoms with Crippen LogP contribution in [0.4, 0.5) is 0 Å². The van der Waals surface area contributed by atoms with Crippen molar-refractivity contribution in [2.24, 2.45) is 0 Å². The van der Waals surface area contributed by atoms with Gasteiger partial charge in [-0.3, -0.25) is 20.4 Å². The van der Waals surface area contributed by atoms with Gasteiger partial charge in [-0.15, -0.1) is 0 Å². The number of hydrogen-bond acceptors (Lipinski definition) is 4. The fourth-order valence-corrected chi connectivity index (χ4v) is 2.05. The zero-order chi connectivity index (χ0) is 8.55. The average Bonchev–Trinajstić information content (AvgIpc) is 2.12. The lowest BCUT2D eigenvalue weighted by molar-refractivity contribution is 0.00207. The van der Waals surface area contributed by atoms with Crippen molar-refractivity contribution in [1.82, 2.24) is 20.4 Å². The maximum absolute atomic E-state index is 3.52. The first-order chi connectivity index (χ1) is 5.79. The summed E-state index contributed by atoms with van der Waals surface area (Å²) in [5.74, 6) is 0. The van der Waals surface area contributed by atoms with E-state index in [-0.39, 0.29) is 0 Å². The lowest BCUT2D eigenvalue weighted by Crippen LogP contribution is -2.71. The molecule has 0 bridgehead atoms. The van der Waals surface area contributed by atoms with E-state index in [0.717, 1.165) is 26.2 Å². The van der Waals surface area contributed by atoms with E-state index in [2.05, 4.69) is 34.5 Å². The molecule has 12 heavy (non-hydrogen) atoms. The zero-order valence-electron chi connectivity index (χ0n) is 7.88. The van der Waals surface area contributed by atoms with E-state index < -0.39 is 0 Å². The van der Waals surface area contributed by atoms with Crippen LogP contribution in [0.5, 0.6) is 0 Å². The van der Waals surface area contributed by atoms with Gasteiger partial charge in [0.1, 0.15) is 0 Å². The third-order valence-corrected chi connectivity index (χ3v) is 2.89. The molecule has 4 nitrogen and oxygen atoms in total. The van der Waals surface area contributed by atoms with Crippen LogP contribution in [0.3, 0.4) is 0 Å². The van der Waals surface area contributed by atoms with Crippen molar-refractivity contribution in [2.45, 2.75) is 12.3 Å². The highest BCUT2D eigenvalue weighted by Crippen LogP contribution is 2.11. The minimum Gasteiger partial charge on any atom is -0.298 e. The van der Waals surface area contributed by atoms with Crippen molar-refractivity contribution in [3.63, 3.8) is 0 Å². The third kappa shape index (κ3) is 1.35. The molecule has 0 spiro atoms. The Labute approximate surface area is 73.9 Å². The number of nitrogens with one attached hydrogen (secondary N) is 2. The smallest absolute Gasteiger partial charge is 0.0892 e. The van der Waals surface area contributed by atoms with E-state index >= 15 is 0 Å². The van der Waals surface area contributed by atoms with E-state index in [1.807, 2.05) is 0 Å². The Hall–Kier alpha value is -0.160. The molecule has 0 radical (unpaired) electrons. The minimum absolute atomic E-state index is 0.498. The van der Waals surface area contributed by atoms with Gasteiger partial charge < -0.3 is 0 Å². The maximum atomic E-state index is 3.52. The van der Waals surface area contributed by atoms with Crippen LogP contribution < -0.4 is 10.6 Å². The monoisotopic (exact) mass is 170 g/mol. The van der Waals surface area contributed by atoms with Crippen LogP contribution in [0.15, 0.2) is 0 Å². The summed E-state index contributed by atoms with van der Waals surface area (Å²) in [4.78, 5) is 4.77. The van der Waals surface area contributed by atoms with Gasteiger partial charge in [0, 0.05) is 26.2 Å². The highest BCUT2D eigenvalue weighted by atomic mass is 15.4. The number of rotatable bonds is 0. The van der Waals surface area contributed by atoms with Gasteiger partial charge in [-0.2, -0.15) is 0 Å². The Morgan fingerprint density at radius 1 is 0.917 bits per heavy atom. The maximum Gasteiger partial charge on any atom is 0.0892 e. The highest BCUT2D eigenvalue weighted by Gasteiger charge is 2.33. The molecule has 2 N–H and O–H groups in total. The van der Waals surface area contributed by atoms with Crippen LogP contribution in [-0.2, 0) is 0 Å². The second kappa shape index (κ2) is 3.30. The lowest BCUT2D eigenvalue weighted by atomic mass is 10.2. The van der Waals surface area contributed by atoms with Crippen molar-refractivity contribution in [1.29, 1.82) is 0 Å². The number of nitrogens with zero attached hydrogens (tertiary/aromatic N) is 2. The molecule has 70 valence electrons. The number of likely N-dealkylation sites (N-methyl/N-ethyl adjacent to an activating group) is 2. The SMILES string of the molecule is CN1CCN(C)[C@@H]2NCCN[C@H]21. The van der Waals surface area contributed by atoms with Gasteiger partial charge in [-0.05, 0) is 14.1 Å². The molecule has 2 atom stereocenters. The van der Waals surface area contributed by atoms with E-state index in [1.165, 1.54) is 0 Å². The van der Waals surface area contributed by atoms with Crippen molar-refractivity contribution in [3.8, 4) is 0 Å². The van der Waals surface area contributed by atoms with Crippen LogP contribution in [-0.4, -0.2) is 62.4 Å². The molecule has 0 aliphatic carbocycles. The summed E-state index contributed by atoms with van der Waals surface area (Å²) in [7, 11) is 4.37. The molecule has 0 unspecified atom stereocenters. The molecule has 0 aromatic carbocycles. The second-order valence-electron chi connectivity index (χ2n) is 3.76. The molecule has 0 aromatic heterocycles. The first-order valence-electron chi connectivity index (χ1n) is 4.66. The van der Waals surface area contributed by atoms with E-state index in [1.54, 1.807) is 0 Å². The molecule has 2 aliphatic heterocycles. The normalized spacial score (nSPS) is 39.5. The Bertz CT molecular complexity index is 143. The predicted molar refractivity (Wildman–Crippen MR) is 48.8 cm³/mol. The summed E-state index contributed by atoms with van der Waals surface area (Å²) in [5, 5.41) is 7.05. The first-order valence-corrected chi connectivity index (χ1v) is 4.66. The largest absolute Gasteiger partial charge is 0.298 e. The number of piperazine rings is 2. The molecule has 2 rings (SSSR count). The zero-order valence-corrected chi connectivity index (χ0v) is 7.88. The van der Waals surface area contributed by atoms with Crippen LogP contribution in [0, 0.1) is 0 Å². The second-order valence-corrected chi connectivity index (χ2v) is 3.76. The van der Waals surface area contributed by atoms with Gasteiger partial charge >= 0.3 is 0 Å². The predicted octanol–water partition coefficient (Wildman–Crippen LogP) is -1.29. The molecule has 4 heteroatoms. The quantitative estimate of drug-likeness (QED) is 0.473. The summed E-state index contributed by atoms with van der Waals surface area (Å²) in [6.07, 6.45) is 0.995. The molecule has 2 heterocycles. The van der Waals surface area contributed by atoms with Crippen LogP contribution in [0.1, 0.15) is 0 Å². The van der Waals surface area contributed by atoms with E-state index in [9.17, 15) is 0 Å². The van der Waals surface area contributed by atoms with Gasteiger partial charge in [0.25, 0.3) is 0 Å². The van der Waals surface area contributed by atoms with E-state index in [0.29, 0.717) is 12.3 Å². The van der Waals surface area contributed by atoms with E-state index in [4.69, 9.17) is 0 Å². The summed E-state index contributed by atoms with van der Waals surface area (Å²) in [6.45, 7) is 4.48. The molecular weight excluding hydrogens is 152 g/mol. The minimum atomic E-state index is 0.498.